The van der Waals surface area contributed by atoms with Gasteiger partial charge in [-0.1, -0.05) is 6.92 Å². The second-order valence-electron chi connectivity index (χ2n) is 4.87. The van der Waals surface area contributed by atoms with Crippen LogP contribution in [0.15, 0.2) is 6.20 Å². The lowest BCUT2D eigenvalue weighted by Crippen LogP contribution is -2.37. The third-order valence-electron chi connectivity index (χ3n) is 3.23. The first kappa shape index (κ1) is 13.0. The molecule has 0 aliphatic carbocycles. The number of rotatable bonds is 6. The minimum Gasteiger partial charge on any atom is -0.313 e. The Balaban J connectivity index is 1.87. The molecule has 0 aromatic carbocycles. The smallest absolute Gasteiger partial charge is 0.0897 e. The lowest BCUT2D eigenvalue weighted by Gasteiger charge is -2.24. The minimum atomic E-state index is 0.704. The molecule has 1 fully saturated rings. The predicted molar refractivity (Wildman–Crippen MR) is 73.4 cm³/mol. The summed E-state index contributed by atoms with van der Waals surface area (Å²) in [6.45, 7) is 8.98. The van der Waals surface area contributed by atoms with Gasteiger partial charge in [0.05, 0.1) is 5.01 Å². The quantitative estimate of drug-likeness (QED) is 0.844. The predicted octanol–water partition coefficient (Wildman–Crippen LogP) is 2.42. The molecule has 1 saturated heterocycles. The van der Waals surface area contributed by atoms with Crippen molar-refractivity contribution in [3.8, 4) is 0 Å². The fraction of sp³-hybridized carbons (Fsp3) is 0.769. The normalized spacial score (nSPS) is 20.3. The van der Waals surface area contributed by atoms with Crippen LogP contribution in [-0.4, -0.2) is 35.6 Å². The van der Waals surface area contributed by atoms with E-state index in [1.165, 1.54) is 48.8 Å². The van der Waals surface area contributed by atoms with Gasteiger partial charge in [-0.25, -0.2) is 4.98 Å². The summed E-state index contributed by atoms with van der Waals surface area (Å²) in [4.78, 5) is 8.30. The van der Waals surface area contributed by atoms with Crippen LogP contribution in [0.25, 0.3) is 0 Å². The highest BCUT2D eigenvalue weighted by Gasteiger charge is 2.17. The fourth-order valence-electron chi connectivity index (χ4n) is 2.47. The molecule has 1 aromatic rings. The first-order chi connectivity index (χ1) is 8.28. The van der Waals surface area contributed by atoms with Gasteiger partial charge in [0.2, 0.25) is 0 Å². The molecule has 17 heavy (non-hydrogen) atoms. The number of hydrogen-bond acceptors (Lipinski definition) is 4. The van der Waals surface area contributed by atoms with Crippen molar-refractivity contribution in [1.29, 1.82) is 0 Å². The van der Waals surface area contributed by atoms with E-state index in [0.717, 1.165) is 6.54 Å². The summed E-state index contributed by atoms with van der Waals surface area (Å²) in [6.07, 6.45) is 5.93. The number of thiazole rings is 1. The van der Waals surface area contributed by atoms with E-state index in [-0.39, 0.29) is 0 Å². The second kappa shape index (κ2) is 6.47. The largest absolute Gasteiger partial charge is 0.313 e. The molecule has 0 amide bonds. The lowest BCUT2D eigenvalue weighted by molar-refractivity contribution is 0.243. The van der Waals surface area contributed by atoms with Gasteiger partial charge in [-0.2, -0.15) is 0 Å². The maximum absolute atomic E-state index is 4.34. The van der Waals surface area contributed by atoms with E-state index in [2.05, 4.69) is 29.0 Å². The summed E-state index contributed by atoms with van der Waals surface area (Å²) in [6, 6.07) is 0.704. The van der Waals surface area contributed by atoms with Crippen LogP contribution in [0.4, 0.5) is 0 Å². The summed E-state index contributed by atoms with van der Waals surface area (Å²) in [7, 11) is 0. The minimum absolute atomic E-state index is 0.704. The average molecular weight is 253 g/mol. The van der Waals surface area contributed by atoms with Crippen molar-refractivity contribution < 1.29 is 0 Å². The number of nitrogens with zero attached hydrogens (tertiary/aromatic N) is 2. The summed E-state index contributed by atoms with van der Waals surface area (Å²) in [5.74, 6) is 0. The molecule has 0 saturated carbocycles. The molecule has 0 bridgehead atoms. The number of nitrogens with one attached hydrogen (secondary N) is 1. The SMILES string of the molecule is CCCN(Cc1cnc(C)s1)CC1CCCN1. The molecule has 1 unspecified atom stereocenters. The maximum Gasteiger partial charge on any atom is 0.0897 e. The van der Waals surface area contributed by atoms with Crippen molar-refractivity contribution in [3.05, 3.63) is 16.1 Å². The van der Waals surface area contributed by atoms with Gasteiger partial charge < -0.3 is 5.32 Å². The van der Waals surface area contributed by atoms with Crippen molar-refractivity contribution in [3.63, 3.8) is 0 Å². The molecule has 0 spiro atoms. The molecule has 96 valence electrons. The highest BCUT2D eigenvalue weighted by molar-refractivity contribution is 7.11. The summed E-state index contributed by atoms with van der Waals surface area (Å²) >= 11 is 1.83. The Kier molecular flexibility index (Phi) is 4.95. The number of hydrogen-bond donors (Lipinski definition) is 1. The molecule has 1 aliphatic heterocycles. The molecule has 0 radical (unpaired) electrons. The lowest BCUT2D eigenvalue weighted by atomic mass is 10.2. The molecule has 2 rings (SSSR count). The van der Waals surface area contributed by atoms with Gasteiger partial charge >= 0.3 is 0 Å². The molecular weight excluding hydrogens is 230 g/mol. The monoisotopic (exact) mass is 253 g/mol. The van der Waals surface area contributed by atoms with E-state index in [9.17, 15) is 0 Å². The molecule has 1 N–H and O–H groups in total. The van der Waals surface area contributed by atoms with Crippen molar-refractivity contribution >= 4 is 11.3 Å². The van der Waals surface area contributed by atoms with Crippen LogP contribution in [0.1, 0.15) is 36.1 Å². The van der Waals surface area contributed by atoms with Crippen molar-refractivity contribution in [1.82, 2.24) is 15.2 Å². The maximum atomic E-state index is 4.34. The highest BCUT2D eigenvalue weighted by Crippen LogP contribution is 2.16. The summed E-state index contributed by atoms with van der Waals surface area (Å²) in [5, 5.41) is 4.76. The van der Waals surface area contributed by atoms with Crippen molar-refractivity contribution in [2.24, 2.45) is 0 Å². The summed E-state index contributed by atoms with van der Waals surface area (Å²) in [5.41, 5.74) is 0. The van der Waals surface area contributed by atoms with Gasteiger partial charge in [0.1, 0.15) is 0 Å². The first-order valence-corrected chi connectivity index (χ1v) is 7.46. The summed E-state index contributed by atoms with van der Waals surface area (Å²) < 4.78 is 0. The van der Waals surface area contributed by atoms with Crippen LogP contribution in [-0.2, 0) is 6.54 Å². The highest BCUT2D eigenvalue weighted by atomic mass is 32.1. The molecule has 3 nitrogen and oxygen atoms in total. The van der Waals surface area contributed by atoms with Crippen molar-refractivity contribution in [2.45, 2.75) is 45.7 Å². The number of aromatic nitrogens is 1. The van der Waals surface area contributed by atoms with Gasteiger partial charge in [0, 0.05) is 30.2 Å². The Morgan fingerprint density at radius 1 is 1.59 bits per heavy atom. The van der Waals surface area contributed by atoms with Gasteiger partial charge in [-0.05, 0) is 39.3 Å². The van der Waals surface area contributed by atoms with E-state index in [0.29, 0.717) is 6.04 Å². The van der Waals surface area contributed by atoms with Gasteiger partial charge in [-0.3, -0.25) is 4.90 Å². The van der Waals surface area contributed by atoms with E-state index < -0.39 is 0 Å². The Morgan fingerprint density at radius 3 is 3.06 bits per heavy atom. The molecule has 2 heterocycles. The average Bonchev–Trinajstić information content (AvgIpc) is 2.91. The third-order valence-corrected chi connectivity index (χ3v) is 4.13. The zero-order chi connectivity index (χ0) is 12.1. The second-order valence-corrected chi connectivity index (χ2v) is 6.19. The van der Waals surface area contributed by atoms with E-state index in [1.807, 2.05) is 17.5 Å². The Bertz CT molecular complexity index is 331. The van der Waals surface area contributed by atoms with Crippen LogP contribution in [0.5, 0.6) is 0 Å². The molecular formula is C13H23N3S. The Morgan fingerprint density at radius 2 is 2.47 bits per heavy atom. The van der Waals surface area contributed by atoms with E-state index in [1.54, 1.807) is 0 Å². The van der Waals surface area contributed by atoms with Crippen LogP contribution in [0.3, 0.4) is 0 Å². The van der Waals surface area contributed by atoms with Crippen molar-refractivity contribution in [2.75, 3.05) is 19.6 Å². The van der Waals surface area contributed by atoms with Gasteiger partial charge in [0.15, 0.2) is 0 Å². The van der Waals surface area contributed by atoms with Gasteiger partial charge in [0.25, 0.3) is 0 Å². The zero-order valence-corrected chi connectivity index (χ0v) is 11.7. The fourth-order valence-corrected chi connectivity index (χ4v) is 3.31. The van der Waals surface area contributed by atoms with Crippen LogP contribution in [0, 0.1) is 6.92 Å². The van der Waals surface area contributed by atoms with E-state index in [4.69, 9.17) is 0 Å². The number of aryl methyl sites for hydroxylation is 1. The van der Waals surface area contributed by atoms with Gasteiger partial charge in [-0.15, -0.1) is 11.3 Å². The third kappa shape index (κ3) is 4.05. The standard InChI is InChI=1S/C13H23N3S/c1-3-7-16(9-12-5-4-6-14-12)10-13-8-15-11(2)17-13/h8,12,14H,3-7,9-10H2,1-2H3. The van der Waals surface area contributed by atoms with Crippen LogP contribution >= 0.6 is 11.3 Å². The molecule has 1 atom stereocenters. The molecule has 1 aromatic heterocycles. The Labute approximate surface area is 108 Å². The first-order valence-electron chi connectivity index (χ1n) is 6.65. The molecule has 1 aliphatic rings. The van der Waals surface area contributed by atoms with Crippen LogP contribution < -0.4 is 5.32 Å². The van der Waals surface area contributed by atoms with Crippen LogP contribution in [0.2, 0.25) is 0 Å². The zero-order valence-electron chi connectivity index (χ0n) is 10.9. The topological polar surface area (TPSA) is 28.2 Å². The van der Waals surface area contributed by atoms with E-state index >= 15 is 0 Å². The molecule has 4 heteroatoms. The Hall–Kier alpha value is -0.450.